The number of hydrogen-bond donors (Lipinski definition) is 2. The first-order valence-corrected chi connectivity index (χ1v) is 10.8. The van der Waals surface area contributed by atoms with E-state index >= 15 is 0 Å². The number of allylic oxidation sites excluding steroid dienone is 1. The second-order valence-corrected chi connectivity index (χ2v) is 8.99. The first kappa shape index (κ1) is 18.4. The average molecular weight is 387 g/mol. The minimum absolute atomic E-state index is 0.159. The van der Waals surface area contributed by atoms with E-state index in [4.69, 9.17) is 5.73 Å². The molecule has 0 aromatic heterocycles. The number of fused-ring (bicyclic) bond motifs is 1. The van der Waals surface area contributed by atoms with Gasteiger partial charge in [-0.15, -0.1) is 0 Å². The second kappa shape index (κ2) is 7.03. The first-order chi connectivity index (χ1) is 14.1. The van der Waals surface area contributed by atoms with Crippen LogP contribution in [0.25, 0.3) is 5.57 Å². The van der Waals surface area contributed by atoms with Crippen molar-refractivity contribution in [1.82, 2.24) is 5.43 Å². The fourth-order valence-electron chi connectivity index (χ4n) is 5.42. The van der Waals surface area contributed by atoms with Crippen LogP contribution in [0.4, 0.5) is 5.69 Å². The zero-order valence-corrected chi connectivity index (χ0v) is 17.2. The van der Waals surface area contributed by atoms with Crippen molar-refractivity contribution in [3.05, 3.63) is 71.8 Å². The lowest BCUT2D eigenvalue weighted by molar-refractivity contribution is 0.187. The van der Waals surface area contributed by atoms with Crippen LogP contribution in [-0.4, -0.2) is 24.8 Å². The number of benzene rings is 2. The Bertz CT molecular complexity index is 968. The molecule has 3 aliphatic rings. The van der Waals surface area contributed by atoms with Gasteiger partial charge < -0.3 is 16.1 Å². The molecule has 150 valence electrons. The quantitative estimate of drug-likeness (QED) is 0.828. The highest BCUT2D eigenvalue weighted by Crippen LogP contribution is 2.51. The maximum Gasteiger partial charge on any atom is 0.0697 e. The molecule has 2 aliphatic heterocycles. The van der Waals surface area contributed by atoms with Crippen LogP contribution in [0.1, 0.15) is 48.9 Å². The van der Waals surface area contributed by atoms with E-state index in [0.29, 0.717) is 6.04 Å². The summed E-state index contributed by atoms with van der Waals surface area (Å²) >= 11 is 0. The Morgan fingerprint density at radius 2 is 1.86 bits per heavy atom. The number of nitrogens with zero attached hydrogens (tertiary/aromatic N) is 2. The summed E-state index contributed by atoms with van der Waals surface area (Å²) in [6.45, 7) is 8.61. The second-order valence-electron chi connectivity index (χ2n) is 8.99. The van der Waals surface area contributed by atoms with Crippen LogP contribution in [0.2, 0.25) is 0 Å². The largest absolute Gasteiger partial charge is 0.371 e. The number of nitrogens with two attached hydrogens (primary N) is 1. The van der Waals surface area contributed by atoms with Gasteiger partial charge in [0.1, 0.15) is 0 Å². The fourth-order valence-corrected chi connectivity index (χ4v) is 5.42. The summed E-state index contributed by atoms with van der Waals surface area (Å²) in [6, 6.07) is 17.9. The maximum absolute atomic E-state index is 6.76. The van der Waals surface area contributed by atoms with Crippen LogP contribution in [0.3, 0.4) is 0 Å². The van der Waals surface area contributed by atoms with Crippen molar-refractivity contribution in [2.45, 2.75) is 44.7 Å². The smallest absolute Gasteiger partial charge is 0.0697 e. The summed E-state index contributed by atoms with van der Waals surface area (Å²) in [6.07, 6.45) is 4.31. The SMILES string of the molecule is C=C(C1=NN[C@@H](C)C1)c1ccccc1N1CCC2(CC1)Cc1ccccc1C2N. The van der Waals surface area contributed by atoms with E-state index in [0.717, 1.165) is 50.1 Å². The Morgan fingerprint density at radius 1 is 1.14 bits per heavy atom. The van der Waals surface area contributed by atoms with Crippen molar-refractivity contribution >= 4 is 17.0 Å². The summed E-state index contributed by atoms with van der Waals surface area (Å²) in [7, 11) is 0. The van der Waals surface area contributed by atoms with E-state index in [-0.39, 0.29) is 11.5 Å². The summed E-state index contributed by atoms with van der Waals surface area (Å²) < 4.78 is 0. The van der Waals surface area contributed by atoms with E-state index in [2.05, 4.69) is 77.5 Å². The molecule has 0 saturated carbocycles. The molecule has 3 N–H and O–H groups in total. The molecule has 4 heteroatoms. The highest BCUT2D eigenvalue weighted by atomic mass is 15.3. The van der Waals surface area contributed by atoms with Crippen molar-refractivity contribution < 1.29 is 0 Å². The molecule has 5 rings (SSSR count). The molecule has 1 fully saturated rings. The molecule has 0 radical (unpaired) electrons. The van der Waals surface area contributed by atoms with Gasteiger partial charge in [-0.05, 0) is 54.4 Å². The van der Waals surface area contributed by atoms with E-state index in [9.17, 15) is 0 Å². The molecule has 0 bridgehead atoms. The van der Waals surface area contributed by atoms with Gasteiger partial charge in [0, 0.05) is 42.8 Å². The van der Waals surface area contributed by atoms with Crippen molar-refractivity contribution in [2.24, 2.45) is 16.3 Å². The topological polar surface area (TPSA) is 53.7 Å². The van der Waals surface area contributed by atoms with Gasteiger partial charge in [-0.3, -0.25) is 0 Å². The molecule has 29 heavy (non-hydrogen) atoms. The molecule has 0 amide bonds. The number of hydrogen-bond acceptors (Lipinski definition) is 4. The first-order valence-electron chi connectivity index (χ1n) is 10.8. The lowest BCUT2D eigenvalue weighted by atomic mass is 9.73. The molecule has 2 aromatic carbocycles. The number of rotatable bonds is 3. The van der Waals surface area contributed by atoms with Gasteiger partial charge in [-0.1, -0.05) is 49.0 Å². The van der Waals surface area contributed by atoms with Crippen molar-refractivity contribution in [1.29, 1.82) is 0 Å². The zero-order chi connectivity index (χ0) is 20.0. The minimum Gasteiger partial charge on any atom is -0.371 e. The Balaban J connectivity index is 1.36. The monoisotopic (exact) mass is 386 g/mol. The predicted octanol–water partition coefficient (Wildman–Crippen LogP) is 4.28. The summed E-state index contributed by atoms with van der Waals surface area (Å²) in [5.41, 5.74) is 17.5. The summed E-state index contributed by atoms with van der Waals surface area (Å²) in [4.78, 5) is 2.52. The van der Waals surface area contributed by atoms with Gasteiger partial charge in [-0.25, -0.2) is 0 Å². The summed E-state index contributed by atoms with van der Waals surface area (Å²) in [5, 5.41) is 4.50. The van der Waals surface area contributed by atoms with E-state index < -0.39 is 0 Å². The molecule has 1 saturated heterocycles. The summed E-state index contributed by atoms with van der Waals surface area (Å²) in [5.74, 6) is 0. The third kappa shape index (κ3) is 3.06. The van der Waals surface area contributed by atoms with Gasteiger partial charge in [0.05, 0.1) is 5.71 Å². The van der Waals surface area contributed by atoms with Crippen LogP contribution < -0.4 is 16.1 Å². The van der Waals surface area contributed by atoms with Crippen molar-refractivity contribution in [3.8, 4) is 0 Å². The fraction of sp³-hybridized carbons (Fsp3) is 0.400. The molecule has 1 spiro atoms. The lowest BCUT2D eigenvalue weighted by Gasteiger charge is -2.43. The van der Waals surface area contributed by atoms with Crippen molar-refractivity contribution in [2.75, 3.05) is 18.0 Å². The number of para-hydroxylation sites is 1. The third-order valence-electron chi connectivity index (χ3n) is 7.19. The van der Waals surface area contributed by atoms with Crippen LogP contribution in [0.15, 0.2) is 60.2 Å². The molecule has 2 heterocycles. The van der Waals surface area contributed by atoms with Crippen LogP contribution in [-0.2, 0) is 6.42 Å². The Labute approximate surface area is 173 Å². The van der Waals surface area contributed by atoms with Gasteiger partial charge >= 0.3 is 0 Å². The molecule has 2 atom stereocenters. The molecular formula is C25H30N4. The minimum atomic E-state index is 0.159. The molecule has 1 aliphatic carbocycles. The van der Waals surface area contributed by atoms with Gasteiger partial charge in [0.2, 0.25) is 0 Å². The average Bonchev–Trinajstić information content (AvgIpc) is 3.30. The van der Waals surface area contributed by atoms with Crippen LogP contribution in [0, 0.1) is 5.41 Å². The standard InChI is InChI=1S/C25H30N4/c1-17-15-22(28-27-17)18(2)20-8-5-6-10-23(20)29-13-11-25(12-14-29)16-19-7-3-4-9-21(19)24(25)26/h3-10,17,24,27H,2,11-16,26H2,1H3/t17-,24?/m0/s1. The highest BCUT2D eigenvalue weighted by Gasteiger charge is 2.45. The molecule has 4 nitrogen and oxygen atoms in total. The number of nitrogens with one attached hydrogen (secondary N) is 1. The van der Waals surface area contributed by atoms with E-state index in [1.807, 2.05) is 0 Å². The van der Waals surface area contributed by atoms with Crippen LogP contribution in [0.5, 0.6) is 0 Å². The number of hydrazone groups is 1. The maximum atomic E-state index is 6.76. The Hall–Kier alpha value is -2.59. The third-order valence-corrected chi connectivity index (χ3v) is 7.19. The van der Waals surface area contributed by atoms with Gasteiger partial charge in [0.25, 0.3) is 0 Å². The lowest BCUT2D eigenvalue weighted by Crippen LogP contribution is -2.44. The van der Waals surface area contributed by atoms with Crippen LogP contribution >= 0.6 is 0 Å². The number of piperidine rings is 1. The highest BCUT2D eigenvalue weighted by molar-refractivity contribution is 6.25. The zero-order valence-electron chi connectivity index (χ0n) is 17.2. The van der Waals surface area contributed by atoms with E-state index in [1.54, 1.807) is 0 Å². The van der Waals surface area contributed by atoms with E-state index in [1.165, 1.54) is 22.4 Å². The molecular weight excluding hydrogens is 356 g/mol. The Kier molecular flexibility index (Phi) is 4.47. The molecule has 1 unspecified atom stereocenters. The molecule has 2 aromatic rings. The van der Waals surface area contributed by atoms with Gasteiger partial charge in [-0.2, -0.15) is 5.10 Å². The number of anilines is 1. The predicted molar refractivity (Wildman–Crippen MR) is 121 cm³/mol. The normalized spacial score (nSPS) is 24.9. The van der Waals surface area contributed by atoms with Crippen molar-refractivity contribution in [3.63, 3.8) is 0 Å². The Morgan fingerprint density at radius 3 is 2.59 bits per heavy atom. The van der Waals surface area contributed by atoms with Gasteiger partial charge in [0.15, 0.2) is 0 Å².